The summed E-state index contributed by atoms with van der Waals surface area (Å²) in [5, 5.41) is 20.1. The minimum absolute atomic E-state index is 0.0254. The van der Waals surface area contributed by atoms with Crippen LogP contribution in [0.25, 0.3) is 0 Å². The van der Waals surface area contributed by atoms with Crippen molar-refractivity contribution in [2.45, 2.75) is 113 Å². The lowest BCUT2D eigenvalue weighted by Crippen LogP contribution is -2.61. The van der Waals surface area contributed by atoms with Crippen molar-refractivity contribution in [3.8, 4) is 0 Å². The van der Waals surface area contributed by atoms with Crippen molar-refractivity contribution in [2.75, 3.05) is 20.1 Å². The first-order chi connectivity index (χ1) is 21.1. The van der Waals surface area contributed by atoms with Gasteiger partial charge in [-0.05, 0) is 60.8 Å². The quantitative estimate of drug-likeness (QED) is 0.265. The highest BCUT2D eigenvalue weighted by Crippen LogP contribution is 2.46. The largest absolute Gasteiger partial charge is 0.479 e. The van der Waals surface area contributed by atoms with Gasteiger partial charge in [0.2, 0.25) is 11.8 Å². The van der Waals surface area contributed by atoms with E-state index < -0.39 is 57.0 Å². The van der Waals surface area contributed by atoms with Gasteiger partial charge in [-0.3, -0.25) is 9.59 Å². The number of urea groups is 1. The molecule has 2 saturated carbocycles. The zero-order valence-corrected chi connectivity index (χ0v) is 28.6. The Bertz CT molecular complexity index is 1340. The van der Waals surface area contributed by atoms with Crippen LogP contribution in [0.5, 0.6) is 0 Å². The summed E-state index contributed by atoms with van der Waals surface area (Å²) in [7, 11) is -2.26. The summed E-state index contributed by atoms with van der Waals surface area (Å²) < 4.78 is 27.7. The summed E-state index contributed by atoms with van der Waals surface area (Å²) in [5.74, 6) is -2.12. The molecule has 2 heterocycles. The van der Waals surface area contributed by atoms with E-state index >= 15 is 0 Å². The van der Waals surface area contributed by atoms with Crippen molar-refractivity contribution in [3.63, 3.8) is 0 Å². The van der Waals surface area contributed by atoms with E-state index in [4.69, 9.17) is 0 Å². The summed E-state index contributed by atoms with van der Waals surface area (Å²) in [6.45, 7) is 7.99. The Morgan fingerprint density at radius 1 is 1.11 bits per heavy atom. The van der Waals surface area contributed by atoms with E-state index in [-0.39, 0.29) is 28.5 Å². The van der Waals surface area contributed by atoms with Crippen LogP contribution >= 0.6 is 11.3 Å². The van der Waals surface area contributed by atoms with Gasteiger partial charge in [0.1, 0.15) is 21.8 Å². The maximum Gasteiger partial charge on any atom is 0.329 e. The maximum atomic E-state index is 14.2. The number of carboxylic acids is 1. The van der Waals surface area contributed by atoms with Gasteiger partial charge >= 0.3 is 12.0 Å². The average molecular weight is 668 g/mol. The number of carbonyl (C=O) groups is 4. The van der Waals surface area contributed by atoms with Crippen molar-refractivity contribution in [2.24, 2.45) is 17.3 Å². The Morgan fingerprint density at radius 3 is 2.36 bits per heavy atom. The van der Waals surface area contributed by atoms with Gasteiger partial charge < -0.3 is 26.0 Å². The second-order valence-electron chi connectivity index (χ2n) is 13.9. The van der Waals surface area contributed by atoms with Gasteiger partial charge in [0.25, 0.3) is 10.0 Å². The molecule has 4 rings (SSSR count). The highest BCUT2D eigenvalue weighted by Gasteiger charge is 2.61. The van der Waals surface area contributed by atoms with Gasteiger partial charge in [0.05, 0.1) is 0 Å². The number of carboxylic acid groups (broad SMARTS) is 1. The lowest BCUT2D eigenvalue weighted by molar-refractivity contribution is -0.146. The Balaban J connectivity index is 1.49. The normalized spacial score (nSPS) is 25.4. The first-order valence-electron chi connectivity index (χ1n) is 16.0. The van der Waals surface area contributed by atoms with Crippen LogP contribution in [0.15, 0.2) is 21.7 Å². The van der Waals surface area contributed by atoms with Gasteiger partial charge in [0.15, 0.2) is 0 Å². The molecule has 1 aliphatic heterocycles. The maximum absolute atomic E-state index is 14.2. The van der Waals surface area contributed by atoms with Crippen molar-refractivity contribution < 1.29 is 32.7 Å². The zero-order chi connectivity index (χ0) is 33.2. The molecule has 5 atom stereocenters. The average Bonchev–Trinajstić information content (AvgIpc) is 3.34. The van der Waals surface area contributed by atoms with Crippen molar-refractivity contribution in [1.82, 2.24) is 25.2 Å². The molecule has 4 amide bonds. The molecule has 1 aromatic rings. The zero-order valence-electron chi connectivity index (χ0n) is 27.0. The van der Waals surface area contributed by atoms with Crippen molar-refractivity contribution in [1.29, 1.82) is 0 Å². The van der Waals surface area contributed by atoms with Crippen LogP contribution in [0.1, 0.15) is 85.5 Å². The molecule has 45 heavy (non-hydrogen) atoms. The molecule has 252 valence electrons. The molecule has 2 unspecified atom stereocenters. The van der Waals surface area contributed by atoms with E-state index in [9.17, 15) is 32.7 Å². The summed E-state index contributed by atoms with van der Waals surface area (Å²) in [6, 6.07) is 0.388. The Hall–Kier alpha value is -2.71. The molecule has 0 radical (unpaired) electrons. The predicted molar refractivity (Wildman–Crippen MR) is 171 cm³/mol. The molecule has 12 nitrogen and oxygen atoms in total. The second-order valence-corrected chi connectivity index (χ2v) is 17.1. The van der Waals surface area contributed by atoms with Crippen LogP contribution in [-0.2, 0) is 24.4 Å². The predicted octanol–water partition coefficient (Wildman–Crippen LogP) is 3.39. The van der Waals surface area contributed by atoms with E-state index in [0.29, 0.717) is 32.2 Å². The van der Waals surface area contributed by atoms with E-state index in [0.717, 1.165) is 43.4 Å². The van der Waals surface area contributed by atoms with Gasteiger partial charge in [0, 0.05) is 26.2 Å². The summed E-state index contributed by atoms with van der Waals surface area (Å²) in [6.07, 6.45) is 6.44. The Kier molecular flexibility index (Phi) is 10.9. The third-order valence-corrected chi connectivity index (χ3v) is 13.0. The van der Waals surface area contributed by atoms with Gasteiger partial charge in [-0.15, -0.1) is 11.3 Å². The molecule has 2 aliphatic carbocycles. The van der Waals surface area contributed by atoms with Gasteiger partial charge in [-0.25, -0.2) is 18.0 Å². The number of carbonyl (C=O) groups excluding carboxylic acids is 3. The smallest absolute Gasteiger partial charge is 0.329 e. The third-order valence-electron chi connectivity index (χ3n) is 9.79. The van der Waals surface area contributed by atoms with Gasteiger partial charge in [-0.2, -0.15) is 4.31 Å². The molecule has 0 aromatic carbocycles. The number of rotatable bonds is 12. The molecule has 1 aromatic heterocycles. The van der Waals surface area contributed by atoms with Crippen LogP contribution in [0.4, 0.5) is 4.79 Å². The fraction of sp³-hybridized carbons (Fsp3) is 0.742. The molecular formula is C31H49N5O7S2. The number of hydrogen-bond donors (Lipinski definition) is 4. The minimum Gasteiger partial charge on any atom is -0.479 e. The van der Waals surface area contributed by atoms with Gasteiger partial charge in [-0.1, -0.05) is 59.4 Å². The molecule has 4 N–H and O–H groups in total. The number of nitrogens with zero attached hydrogens (tertiary/aromatic N) is 2. The lowest BCUT2D eigenvalue weighted by atomic mass is 9.83. The van der Waals surface area contributed by atoms with E-state index in [1.54, 1.807) is 17.5 Å². The van der Waals surface area contributed by atoms with Crippen LogP contribution in [0, 0.1) is 17.3 Å². The fourth-order valence-electron chi connectivity index (χ4n) is 6.72. The molecular weight excluding hydrogens is 619 g/mol. The second kappa shape index (κ2) is 14.0. The standard InChI is InChI=1S/C31H49N5O7S2/c1-6-21-18-31(21,28(39)40)34-26(37)22-14-10-16-36(22)27(38)25(20-12-8-7-9-13-20)33-29(41)32-23(30(2,3)4)19-35(5)45(42,43)24-15-11-17-44-24/h11,15,17,20-23,25H,6-10,12-14,16,18-19H2,1-5H3,(H,34,37)(H,39,40)(H2,32,33,41)/t21?,22-,23?,25-,31+/m0/s1. The number of amides is 4. The number of sulfonamides is 1. The van der Waals surface area contributed by atoms with E-state index in [2.05, 4.69) is 16.0 Å². The van der Waals surface area contributed by atoms with E-state index in [1.807, 2.05) is 27.7 Å². The van der Waals surface area contributed by atoms with Crippen LogP contribution in [0.3, 0.4) is 0 Å². The number of likely N-dealkylation sites (tertiary alicyclic amines) is 1. The molecule has 0 spiro atoms. The van der Waals surface area contributed by atoms with E-state index in [1.165, 1.54) is 16.3 Å². The summed E-state index contributed by atoms with van der Waals surface area (Å²) >= 11 is 1.13. The molecule has 14 heteroatoms. The number of hydrogen-bond acceptors (Lipinski definition) is 7. The van der Waals surface area contributed by atoms with Crippen molar-refractivity contribution >= 4 is 45.2 Å². The first kappa shape index (κ1) is 35.1. The van der Waals surface area contributed by atoms with Crippen molar-refractivity contribution in [3.05, 3.63) is 17.5 Å². The topological polar surface area (TPSA) is 165 Å². The summed E-state index contributed by atoms with van der Waals surface area (Å²) in [4.78, 5) is 54.7. The fourth-order valence-corrected chi connectivity index (χ4v) is 9.11. The van der Waals surface area contributed by atoms with Crippen LogP contribution in [-0.4, -0.2) is 90.3 Å². The van der Waals surface area contributed by atoms with Crippen LogP contribution < -0.4 is 16.0 Å². The Morgan fingerprint density at radius 2 is 1.80 bits per heavy atom. The number of nitrogens with one attached hydrogen (secondary N) is 3. The highest BCUT2D eigenvalue weighted by molar-refractivity contribution is 7.91. The number of thiophene rings is 1. The molecule has 1 saturated heterocycles. The molecule has 0 bridgehead atoms. The highest BCUT2D eigenvalue weighted by atomic mass is 32.2. The Labute approximate surface area is 270 Å². The molecule has 3 fully saturated rings. The monoisotopic (exact) mass is 667 g/mol. The SMILES string of the molecule is CCC1C[C@]1(NC(=O)[C@@H]1CCCN1C(=O)[C@@H](NC(=O)NC(CN(C)S(=O)(=O)c1cccs1)C(C)(C)C)C1CCCCC1)C(=O)O. The number of aliphatic carboxylic acids is 1. The number of likely N-dealkylation sites (N-methyl/N-ethyl adjacent to an activating group) is 1. The third kappa shape index (κ3) is 7.82. The lowest BCUT2D eigenvalue weighted by Gasteiger charge is -2.37. The molecule has 3 aliphatic rings. The first-order valence-corrected chi connectivity index (χ1v) is 18.4. The minimum atomic E-state index is -3.74. The van der Waals surface area contributed by atoms with Crippen LogP contribution in [0.2, 0.25) is 0 Å². The summed E-state index contributed by atoms with van der Waals surface area (Å²) in [5.41, 5.74) is -1.80.